The van der Waals surface area contributed by atoms with Crippen LogP contribution in [0.2, 0.25) is 0 Å². The monoisotopic (exact) mass is 132 g/mol. The molecule has 0 aliphatic carbocycles. The van der Waals surface area contributed by atoms with Crippen molar-refractivity contribution in [1.82, 2.24) is 0 Å². The van der Waals surface area contributed by atoms with Crippen LogP contribution >= 0.6 is 0 Å². The molecule has 0 unspecified atom stereocenters. The van der Waals surface area contributed by atoms with Crippen molar-refractivity contribution in [2.45, 2.75) is 26.7 Å². The second kappa shape index (κ2) is 4.43. The average Bonchev–Trinajstić information content (AvgIpc) is 2.00. The Bertz CT molecular complexity index is 122. The van der Waals surface area contributed by atoms with Gasteiger partial charge in [-0.05, 0) is 12.8 Å². The molecule has 2 heteroatoms. The molecule has 0 atom stereocenters. The largest absolute Gasteiger partial charge is 0.149 e. The molecule has 0 aromatic rings. The van der Waals surface area contributed by atoms with E-state index in [1.165, 1.54) is 0 Å². The van der Waals surface area contributed by atoms with Gasteiger partial charge in [0.05, 0.1) is 0 Å². The van der Waals surface area contributed by atoms with E-state index in [1.807, 2.05) is 0 Å². The third-order valence-electron chi connectivity index (χ3n) is 1.79. The topological polar surface area (TPSA) is 0 Å². The minimum atomic E-state index is 0.00926. The van der Waals surface area contributed by atoms with Crippen LogP contribution < -0.4 is 0 Å². The molecule has 0 N–H and O–H groups in total. The van der Waals surface area contributed by atoms with Gasteiger partial charge in [0.2, 0.25) is 0 Å². The third kappa shape index (κ3) is 2.47. The van der Waals surface area contributed by atoms with E-state index < -0.39 is 0 Å². The first-order valence-electron chi connectivity index (χ1n) is 3.74. The predicted molar refractivity (Wildman–Crippen MR) is 50.4 cm³/mol. The van der Waals surface area contributed by atoms with Crippen LogP contribution in [0.5, 0.6) is 0 Å². The molecule has 52 valence electrons. The number of rotatable bonds is 4. The lowest BCUT2D eigenvalue weighted by molar-refractivity contribution is 1.16. The first kappa shape index (κ1) is 9.61. The normalized spacial score (nSPS) is 9.00. The highest BCUT2D eigenvalue weighted by Gasteiger charge is 2.09. The van der Waals surface area contributed by atoms with Crippen molar-refractivity contribution in [2.24, 2.45) is 0 Å². The fourth-order valence-corrected chi connectivity index (χ4v) is 0.729. The van der Waals surface area contributed by atoms with Crippen LogP contribution in [0.3, 0.4) is 0 Å². The summed E-state index contributed by atoms with van der Waals surface area (Å²) in [6.45, 7) is 11.8. The second-order valence-corrected chi connectivity index (χ2v) is 2.50. The van der Waals surface area contributed by atoms with Crippen molar-refractivity contribution in [3.8, 4) is 0 Å². The molecule has 0 aliphatic heterocycles. The van der Waals surface area contributed by atoms with Gasteiger partial charge in [0.25, 0.3) is 0 Å². The lowest BCUT2D eigenvalue weighted by atomic mass is 9.25. The van der Waals surface area contributed by atoms with Crippen LogP contribution in [-0.2, 0) is 0 Å². The van der Waals surface area contributed by atoms with Gasteiger partial charge in [-0.1, -0.05) is 13.8 Å². The van der Waals surface area contributed by atoms with Crippen LogP contribution in [0, 0.1) is 0 Å². The van der Waals surface area contributed by atoms with E-state index in [-0.39, 0.29) is 6.60 Å². The maximum Gasteiger partial charge on any atom is 0.149 e. The summed E-state index contributed by atoms with van der Waals surface area (Å²) < 4.78 is 0. The SMILES string of the molecule is [B]B(C(=C)CC)C(=C)CC. The number of allylic oxidation sites excluding steroid dienone is 2. The minimum absolute atomic E-state index is 0.00926. The maximum absolute atomic E-state index is 5.78. The molecule has 0 rings (SSSR count). The van der Waals surface area contributed by atoms with Crippen LogP contribution in [0.4, 0.5) is 0 Å². The van der Waals surface area contributed by atoms with Crippen LogP contribution in [-0.4, -0.2) is 14.3 Å². The summed E-state index contributed by atoms with van der Waals surface area (Å²) in [6.07, 6.45) is 1.89. The molecule has 0 fully saturated rings. The second-order valence-electron chi connectivity index (χ2n) is 2.50. The Morgan fingerprint density at radius 2 is 1.50 bits per heavy atom. The Balaban J connectivity index is 3.94. The first-order valence-corrected chi connectivity index (χ1v) is 3.74. The van der Waals surface area contributed by atoms with Gasteiger partial charge in [0, 0.05) is 7.74 Å². The molecule has 0 spiro atoms. The van der Waals surface area contributed by atoms with Gasteiger partial charge in [-0.3, -0.25) is 0 Å². The summed E-state index contributed by atoms with van der Waals surface area (Å²) >= 11 is 0. The number of hydrogen-bond donors (Lipinski definition) is 0. The van der Waals surface area contributed by atoms with Gasteiger partial charge >= 0.3 is 0 Å². The lowest BCUT2D eigenvalue weighted by Crippen LogP contribution is -2.18. The van der Waals surface area contributed by atoms with Gasteiger partial charge in [-0.15, -0.1) is 24.1 Å². The fraction of sp³-hybridized carbons (Fsp3) is 0.500. The standard InChI is InChI=1S/C8H14B2/c1-5-7(3)10(9)8(4)6-2/h3-6H2,1-2H3. The zero-order chi connectivity index (χ0) is 8.15. The van der Waals surface area contributed by atoms with Gasteiger partial charge < -0.3 is 0 Å². The number of hydrogen-bond acceptors (Lipinski definition) is 0. The molecule has 0 amide bonds. The molecule has 0 aliphatic rings. The Morgan fingerprint density at radius 3 is 1.70 bits per heavy atom. The molecule has 0 bridgehead atoms. The summed E-state index contributed by atoms with van der Waals surface area (Å²) in [5, 5.41) is 0. The molecule has 0 heterocycles. The van der Waals surface area contributed by atoms with E-state index in [4.69, 9.17) is 7.74 Å². The Morgan fingerprint density at radius 1 is 1.20 bits per heavy atom. The summed E-state index contributed by atoms with van der Waals surface area (Å²) in [6, 6.07) is 0. The molecule has 0 saturated carbocycles. The molecule has 0 saturated heterocycles. The van der Waals surface area contributed by atoms with E-state index in [1.54, 1.807) is 0 Å². The van der Waals surface area contributed by atoms with E-state index in [0.717, 1.165) is 23.8 Å². The zero-order valence-electron chi connectivity index (χ0n) is 6.98. The molecule has 0 aromatic heterocycles. The van der Waals surface area contributed by atoms with Crippen molar-refractivity contribution in [3.63, 3.8) is 0 Å². The van der Waals surface area contributed by atoms with Gasteiger partial charge in [0.15, 0.2) is 0 Å². The summed E-state index contributed by atoms with van der Waals surface area (Å²) in [5.74, 6) is 0. The Labute approximate surface area is 65.9 Å². The van der Waals surface area contributed by atoms with Crippen molar-refractivity contribution in [3.05, 3.63) is 24.1 Å². The lowest BCUT2D eigenvalue weighted by Gasteiger charge is -2.11. The molecular formula is C8H14B2. The van der Waals surface area contributed by atoms with E-state index in [9.17, 15) is 0 Å². The van der Waals surface area contributed by atoms with Gasteiger partial charge in [0.1, 0.15) is 6.60 Å². The summed E-state index contributed by atoms with van der Waals surface area (Å²) in [7, 11) is 5.78. The zero-order valence-corrected chi connectivity index (χ0v) is 6.98. The maximum atomic E-state index is 5.78. The average molecular weight is 132 g/mol. The smallest absolute Gasteiger partial charge is 0.113 e. The molecule has 0 nitrogen and oxygen atoms in total. The van der Waals surface area contributed by atoms with Gasteiger partial charge in [-0.25, -0.2) is 0 Å². The summed E-state index contributed by atoms with van der Waals surface area (Å²) in [4.78, 5) is 0. The Hall–Kier alpha value is -0.390. The highest BCUT2D eigenvalue weighted by atomic mass is 13.8. The quantitative estimate of drug-likeness (QED) is 0.514. The van der Waals surface area contributed by atoms with Crippen molar-refractivity contribution in [1.29, 1.82) is 0 Å². The van der Waals surface area contributed by atoms with E-state index in [2.05, 4.69) is 27.0 Å². The molecule has 2 radical (unpaired) electrons. The van der Waals surface area contributed by atoms with E-state index >= 15 is 0 Å². The van der Waals surface area contributed by atoms with Gasteiger partial charge in [-0.2, -0.15) is 0 Å². The first-order chi connectivity index (χ1) is 4.63. The highest BCUT2D eigenvalue weighted by molar-refractivity contribution is 7.11. The molecule has 0 aromatic carbocycles. The van der Waals surface area contributed by atoms with Crippen LogP contribution in [0.25, 0.3) is 0 Å². The highest BCUT2D eigenvalue weighted by Crippen LogP contribution is 2.09. The molecular weight excluding hydrogens is 118 g/mol. The van der Waals surface area contributed by atoms with Crippen molar-refractivity contribution in [2.75, 3.05) is 0 Å². The minimum Gasteiger partial charge on any atom is -0.113 e. The third-order valence-corrected chi connectivity index (χ3v) is 1.79. The summed E-state index contributed by atoms with van der Waals surface area (Å²) in [5.41, 5.74) is 2.15. The Kier molecular flexibility index (Phi) is 4.26. The van der Waals surface area contributed by atoms with Crippen LogP contribution in [0.1, 0.15) is 26.7 Å². The predicted octanol–water partition coefficient (Wildman–Crippen LogP) is 2.16. The van der Waals surface area contributed by atoms with E-state index in [0.29, 0.717) is 0 Å². The molecule has 10 heavy (non-hydrogen) atoms. The van der Waals surface area contributed by atoms with Crippen molar-refractivity contribution < 1.29 is 0 Å². The van der Waals surface area contributed by atoms with Crippen LogP contribution in [0.15, 0.2) is 24.1 Å². The fourth-order valence-electron chi connectivity index (χ4n) is 0.729. The van der Waals surface area contributed by atoms with Crippen molar-refractivity contribution >= 4 is 14.3 Å².